The normalized spacial score (nSPS) is 10.9. The number of aryl methyl sites for hydroxylation is 2. The third-order valence-electron chi connectivity index (χ3n) is 3.76. The highest BCUT2D eigenvalue weighted by Crippen LogP contribution is 2.26. The molecule has 3 rings (SSSR count). The molecule has 4 heteroatoms. The van der Waals surface area contributed by atoms with Gasteiger partial charge in [0.25, 0.3) is 0 Å². The summed E-state index contributed by atoms with van der Waals surface area (Å²) in [6.07, 6.45) is 3.31. The second-order valence-corrected chi connectivity index (χ2v) is 6.43. The molecule has 0 spiro atoms. The average molecular weight is 334 g/mol. The third kappa shape index (κ3) is 3.97. The van der Waals surface area contributed by atoms with Crippen LogP contribution in [-0.4, -0.2) is 10.9 Å². The van der Waals surface area contributed by atoms with Crippen LogP contribution in [0.1, 0.15) is 16.7 Å². The van der Waals surface area contributed by atoms with Gasteiger partial charge in [-0.25, -0.2) is 4.98 Å². The number of hydrogen-bond donors (Lipinski definition) is 1. The van der Waals surface area contributed by atoms with Gasteiger partial charge in [-0.1, -0.05) is 42.5 Å². The fourth-order valence-corrected chi connectivity index (χ4v) is 2.97. The van der Waals surface area contributed by atoms with Crippen LogP contribution >= 0.6 is 11.3 Å². The fourth-order valence-electron chi connectivity index (χ4n) is 2.25. The second-order valence-electron chi connectivity index (χ2n) is 5.57. The summed E-state index contributed by atoms with van der Waals surface area (Å²) in [5, 5.41) is 5.37. The molecule has 0 aliphatic rings. The molecule has 3 aromatic rings. The molecule has 1 N–H and O–H groups in total. The lowest BCUT2D eigenvalue weighted by Crippen LogP contribution is -2.07. The summed E-state index contributed by atoms with van der Waals surface area (Å²) < 4.78 is 0. The maximum absolute atomic E-state index is 12.0. The number of nitrogens with one attached hydrogen (secondary N) is 1. The van der Waals surface area contributed by atoms with Crippen LogP contribution in [0.2, 0.25) is 0 Å². The average Bonchev–Trinajstić information content (AvgIpc) is 3.05. The van der Waals surface area contributed by atoms with E-state index in [4.69, 9.17) is 0 Å². The summed E-state index contributed by atoms with van der Waals surface area (Å²) >= 11 is 1.43. The van der Waals surface area contributed by atoms with Crippen molar-refractivity contribution in [3.63, 3.8) is 0 Å². The molecule has 0 atom stereocenters. The standard InChI is InChI=1S/C20H18N2OS/c1-14-8-10-17(12-15(14)2)18-13-24-20(21-18)22-19(23)11-9-16-6-4-3-5-7-16/h3-13H,1-2H3,(H,21,22,23)/b11-9+. The van der Waals surface area contributed by atoms with E-state index in [-0.39, 0.29) is 5.91 Å². The first-order valence-electron chi connectivity index (χ1n) is 7.69. The van der Waals surface area contributed by atoms with Gasteiger partial charge in [0.2, 0.25) is 5.91 Å². The summed E-state index contributed by atoms with van der Waals surface area (Å²) in [6, 6.07) is 16.0. The maximum atomic E-state index is 12.0. The van der Waals surface area contributed by atoms with Crippen molar-refractivity contribution in [1.82, 2.24) is 4.98 Å². The molecular formula is C20H18N2OS. The van der Waals surface area contributed by atoms with Crippen LogP contribution in [0.15, 0.2) is 60.0 Å². The van der Waals surface area contributed by atoms with E-state index in [1.807, 2.05) is 35.7 Å². The van der Waals surface area contributed by atoms with Gasteiger partial charge in [0.05, 0.1) is 5.69 Å². The van der Waals surface area contributed by atoms with E-state index in [2.05, 4.69) is 42.3 Å². The Morgan fingerprint density at radius 1 is 1.08 bits per heavy atom. The lowest BCUT2D eigenvalue weighted by atomic mass is 10.1. The topological polar surface area (TPSA) is 42.0 Å². The largest absolute Gasteiger partial charge is 0.298 e. The van der Waals surface area contributed by atoms with Crippen molar-refractivity contribution in [3.8, 4) is 11.3 Å². The SMILES string of the molecule is Cc1ccc(-c2csc(NC(=O)/C=C/c3ccccc3)n2)cc1C. The van der Waals surface area contributed by atoms with E-state index < -0.39 is 0 Å². The molecule has 24 heavy (non-hydrogen) atoms. The van der Waals surface area contributed by atoms with E-state index in [1.165, 1.54) is 28.5 Å². The van der Waals surface area contributed by atoms with Crippen molar-refractivity contribution in [2.24, 2.45) is 0 Å². The number of carbonyl (C=O) groups is 1. The first kappa shape index (κ1) is 16.1. The molecule has 1 heterocycles. The Hall–Kier alpha value is -2.72. The Labute approximate surface area is 145 Å². The molecule has 120 valence electrons. The van der Waals surface area contributed by atoms with E-state index >= 15 is 0 Å². The number of benzene rings is 2. The summed E-state index contributed by atoms with van der Waals surface area (Å²) in [7, 11) is 0. The van der Waals surface area contributed by atoms with Crippen LogP contribution in [0.3, 0.4) is 0 Å². The Bertz CT molecular complexity index is 882. The fraction of sp³-hybridized carbons (Fsp3) is 0.100. The summed E-state index contributed by atoms with van der Waals surface area (Å²) in [5.74, 6) is -0.181. The monoisotopic (exact) mass is 334 g/mol. The highest BCUT2D eigenvalue weighted by Gasteiger charge is 2.07. The number of nitrogens with zero attached hydrogens (tertiary/aromatic N) is 1. The van der Waals surface area contributed by atoms with Gasteiger partial charge in [0.15, 0.2) is 5.13 Å². The Morgan fingerprint density at radius 2 is 1.88 bits per heavy atom. The molecule has 0 radical (unpaired) electrons. The number of rotatable bonds is 4. The number of carbonyl (C=O) groups excluding carboxylic acids is 1. The molecule has 0 aliphatic heterocycles. The first-order chi connectivity index (χ1) is 11.6. The van der Waals surface area contributed by atoms with Crippen LogP contribution in [0.5, 0.6) is 0 Å². The van der Waals surface area contributed by atoms with Crippen LogP contribution in [0.25, 0.3) is 17.3 Å². The van der Waals surface area contributed by atoms with Gasteiger partial charge in [0, 0.05) is 17.0 Å². The van der Waals surface area contributed by atoms with Gasteiger partial charge in [-0.2, -0.15) is 0 Å². The van der Waals surface area contributed by atoms with Crippen LogP contribution in [0, 0.1) is 13.8 Å². The lowest BCUT2D eigenvalue weighted by molar-refractivity contribution is -0.111. The summed E-state index contributed by atoms with van der Waals surface area (Å²) in [6.45, 7) is 4.17. The molecule has 0 saturated heterocycles. The predicted octanol–water partition coefficient (Wildman–Crippen LogP) is 5.08. The van der Waals surface area contributed by atoms with Crippen molar-refractivity contribution in [1.29, 1.82) is 0 Å². The van der Waals surface area contributed by atoms with Crippen molar-refractivity contribution in [2.75, 3.05) is 5.32 Å². The van der Waals surface area contributed by atoms with Crippen molar-refractivity contribution < 1.29 is 4.79 Å². The zero-order valence-electron chi connectivity index (χ0n) is 13.6. The first-order valence-corrected chi connectivity index (χ1v) is 8.57. The molecule has 0 saturated carbocycles. The van der Waals surface area contributed by atoms with Gasteiger partial charge in [-0.05, 0) is 42.7 Å². The van der Waals surface area contributed by atoms with Gasteiger partial charge < -0.3 is 0 Å². The number of thiazole rings is 1. The van der Waals surface area contributed by atoms with Crippen molar-refractivity contribution >= 4 is 28.5 Å². The number of anilines is 1. The number of amides is 1. The minimum atomic E-state index is -0.181. The molecule has 0 unspecified atom stereocenters. The molecular weight excluding hydrogens is 316 g/mol. The van der Waals surface area contributed by atoms with Crippen LogP contribution in [-0.2, 0) is 4.79 Å². The quantitative estimate of drug-likeness (QED) is 0.676. The molecule has 0 aliphatic carbocycles. The van der Waals surface area contributed by atoms with Gasteiger partial charge in [0.1, 0.15) is 0 Å². The van der Waals surface area contributed by atoms with E-state index in [9.17, 15) is 4.79 Å². The minimum absolute atomic E-state index is 0.181. The van der Waals surface area contributed by atoms with Gasteiger partial charge in [-0.3, -0.25) is 10.1 Å². The van der Waals surface area contributed by atoms with Gasteiger partial charge >= 0.3 is 0 Å². The molecule has 1 amide bonds. The van der Waals surface area contributed by atoms with E-state index in [0.717, 1.165) is 16.8 Å². The molecule has 1 aromatic heterocycles. The number of aromatic nitrogens is 1. The second kappa shape index (κ2) is 7.23. The molecule has 3 nitrogen and oxygen atoms in total. The lowest BCUT2D eigenvalue weighted by Gasteiger charge is -2.02. The van der Waals surface area contributed by atoms with Crippen molar-refractivity contribution in [2.45, 2.75) is 13.8 Å². The third-order valence-corrected chi connectivity index (χ3v) is 4.52. The molecule has 0 fully saturated rings. The zero-order valence-corrected chi connectivity index (χ0v) is 14.4. The van der Waals surface area contributed by atoms with E-state index in [0.29, 0.717) is 5.13 Å². The number of hydrogen-bond acceptors (Lipinski definition) is 3. The minimum Gasteiger partial charge on any atom is -0.298 e. The van der Waals surface area contributed by atoms with Gasteiger partial charge in [-0.15, -0.1) is 11.3 Å². The predicted molar refractivity (Wildman–Crippen MR) is 101 cm³/mol. The highest BCUT2D eigenvalue weighted by molar-refractivity contribution is 7.14. The summed E-state index contributed by atoms with van der Waals surface area (Å²) in [5.41, 5.74) is 5.42. The van der Waals surface area contributed by atoms with Crippen molar-refractivity contribution in [3.05, 3.63) is 76.7 Å². The maximum Gasteiger partial charge on any atom is 0.250 e. The van der Waals surface area contributed by atoms with Crippen LogP contribution in [0.4, 0.5) is 5.13 Å². The molecule has 0 bridgehead atoms. The van der Waals surface area contributed by atoms with E-state index in [1.54, 1.807) is 6.08 Å². The Kier molecular flexibility index (Phi) is 4.87. The zero-order chi connectivity index (χ0) is 16.9. The van der Waals surface area contributed by atoms with Crippen LogP contribution < -0.4 is 5.32 Å². The smallest absolute Gasteiger partial charge is 0.250 e. The summed E-state index contributed by atoms with van der Waals surface area (Å²) in [4.78, 5) is 16.5. The Morgan fingerprint density at radius 3 is 2.62 bits per heavy atom. The Balaban J connectivity index is 1.68. The highest BCUT2D eigenvalue weighted by atomic mass is 32.1. The molecule has 2 aromatic carbocycles.